The predicted octanol–water partition coefficient (Wildman–Crippen LogP) is 2.23. The Bertz CT molecular complexity index is 226. The molecule has 0 aromatic heterocycles. The molecule has 0 amide bonds. The van der Waals surface area contributed by atoms with Crippen molar-refractivity contribution in [1.82, 2.24) is 4.90 Å². The average Bonchev–Trinajstić information content (AvgIpc) is 2.09. The molecule has 0 saturated heterocycles. The van der Waals surface area contributed by atoms with Crippen LogP contribution in [0.3, 0.4) is 0 Å². The van der Waals surface area contributed by atoms with E-state index in [4.69, 9.17) is 4.74 Å². The Balaban J connectivity index is 2.84. The molecule has 0 radical (unpaired) electrons. The molecule has 0 bridgehead atoms. The van der Waals surface area contributed by atoms with E-state index in [1.165, 1.54) is 0 Å². The number of alkyl halides is 2. The van der Waals surface area contributed by atoms with Gasteiger partial charge in [-0.15, -0.1) is 0 Å². The van der Waals surface area contributed by atoms with Crippen molar-refractivity contribution in [3.63, 3.8) is 0 Å². The smallest absolute Gasteiger partial charge is 0.298 e. The van der Waals surface area contributed by atoms with Gasteiger partial charge in [0.2, 0.25) is 0 Å². The van der Waals surface area contributed by atoms with Crippen LogP contribution in [-0.2, 0) is 4.74 Å². The lowest BCUT2D eigenvalue weighted by molar-refractivity contribution is -0.0623. The van der Waals surface area contributed by atoms with Crippen molar-refractivity contribution >= 4 is 0 Å². The largest absolute Gasteiger partial charge is 0.490 e. The second kappa shape index (κ2) is 3.52. The zero-order valence-electron chi connectivity index (χ0n) is 8.23. The lowest BCUT2D eigenvalue weighted by atomic mass is 10.2. The average molecular weight is 191 g/mol. The van der Waals surface area contributed by atoms with Crippen LogP contribution < -0.4 is 0 Å². The van der Waals surface area contributed by atoms with Crippen LogP contribution in [0.1, 0.15) is 20.3 Å². The lowest BCUT2D eigenvalue weighted by Gasteiger charge is -2.22. The molecular weight excluding hydrogens is 176 g/mol. The molecule has 0 N–H and O–H groups in total. The number of rotatable bonds is 1. The van der Waals surface area contributed by atoms with Gasteiger partial charge in [0.1, 0.15) is 5.76 Å². The van der Waals surface area contributed by atoms with Crippen molar-refractivity contribution in [2.24, 2.45) is 0 Å². The van der Waals surface area contributed by atoms with Gasteiger partial charge in [0, 0.05) is 7.05 Å². The first kappa shape index (κ1) is 10.3. The molecule has 2 nitrogen and oxygen atoms in total. The second-order valence-corrected chi connectivity index (χ2v) is 3.36. The molecule has 4 heteroatoms. The molecule has 1 aliphatic heterocycles. The van der Waals surface area contributed by atoms with E-state index in [0.717, 1.165) is 12.1 Å². The van der Waals surface area contributed by atoms with Crippen molar-refractivity contribution in [3.8, 4) is 0 Å². The minimum atomic E-state index is -2.74. The van der Waals surface area contributed by atoms with Gasteiger partial charge < -0.3 is 9.64 Å². The molecule has 0 fully saturated rings. The molecule has 0 saturated carbocycles. The minimum Gasteiger partial charge on any atom is -0.490 e. The van der Waals surface area contributed by atoms with Gasteiger partial charge in [-0.05, 0) is 13.3 Å². The topological polar surface area (TPSA) is 12.5 Å². The number of nitrogens with zero attached hydrogens (tertiary/aromatic N) is 1. The first-order valence-electron chi connectivity index (χ1n) is 4.38. The highest BCUT2D eigenvalue weighted by atomic mass is 19.3. The van der Waals surface area contributed by atoms with Crippen LogP contribution in [0.2, 0.25) is 0 Å². The maximum Gasteiger partial charge on any atom is 0.298 e. The van der Waals surface area contributed by atoms with Gasteiger partial charge in [-0.3, -0.25) is 0 Å². The fourth-order valence-corrected chi connectivity index (χ4v) is 1.57. The highest BCUT2D eigenvalue weighted by Gasteiger charge is 2.35. The number of hydrogen-bond donors (Lipinski definition) is 0. The molecule has 0 atom stereocenters. The fraction of sp³-hybridized carbons (Fsp3) is 0.778. The summed E-state index contributed by atoms with van der Waals surface area (Å²) in [6.45, 7) is 2.90. The lowest BCUT2D eigenvalue weighted by Crippen LogP contribution is -2.34. The Hall–Kier alpha value is -0.800. The summed E-state index contributed by atoms with van der Waals surface area (Å²) in [5, 5.41) is 0. The van der Waals surface area contributed by atoms with Crippen LogP contribution in [0.4, 0.5) is 8.78 Å². The van der Waals surface area contributed by atoms with Crippen molar-refractivity contribution in [2.45, 2.75) is 26.2 Å². The van der Waals surface area contributed by atoms with Crippen LogP contribution >= 0.6 is 0 Å². The quantitative estimate of drug-likeness (QED) is 0.630. The molecule has 13 heavy (non-hydrogen) atoms. The summed E-state index contributed by atoms with van der Waals surface area (Å²) in [5.41, 5.74) is 0.858. The molecule has 76 valence electrons. The standard InChI is InChI=1S/C9H15F2NO/c1-4-8-7(2)13-6-9(10,11)5-12(8)3/h4-6H2,1-3H3. The fourth-order valence-electron chi connectivity index (χ4n) is 1.57. The number of ether oxygens (including phenoxy) is 1. The van der Waals surface area contributed by atoms with Gasteiger partial charge in [0.25, 0.3) is 5.92 Å². The molecule has 0 aromatic carbocycles. The van der Waals surface area contributed by atoms with Crippen LogP contribution in [0, 0.1) is 0 Å². The molecule has 0 aliphatic carbocycles. The van der Waals surface area contributed by atoms with Crippen molar-refractivity contribution in [2.75, 3.05) is 20.2 Å². The van der Waals surface area contributed by atoms with Crippen LogP contribution in [0.15, 0.2) is 11.5 Å². The highest BCUT2D eigenvalue weighted by Crippen LogP contribution is 2.25. The number of allylic oxidation sites excluding steroid dienone is 2. The third kappa shape index (κ3) is 2.32. The van der Waals surface area contributed by atoms with E-state index in [9.17, 15) is 8.78 Å². The summed E-state index contributed by atoms with van der Waals surface area (Å²) in [7, 11) is 1.67. The molecule has 0 spiro atoms. The molecule has 0 unspecified atom stereocenters. The van der Waals surface area contributed by atoms with Gasteiger partial charge in [0.05, 0.1) is 12.2 Å². The van der Waals surface area contributed by atoms with Crippen LogP contribution in [-0.4, -0.2) is 31.0 Å². The monoisotopic (exact) mass is 191 g/mol. The second-order valence-electron chi connectivity index (χ2n) is 3.36. The summed E-state index contributed by atoms with van der Waals surface area (Å²) < 4.78 is 31.0. The normalized spacial score (nSPS) is 22.7. The first-order chi connectivity index (χ1) is 5.96. The molecule has 0 aromatic rings. The molecule has 1 heterocycles. The maximum atomic E-state index is 13.0. The van der Waals surface area contributed by atoms with E-state index in [1.807, 2.05) is 6.92 Å². The Morgan fingerprint density at radius 1 is 1.54 bits per heavy atom. The Morgan fingerprint density at radius 3 is 2.69 bits per heavy atom. The summed E-state index contributed by atoms with van der Waals surface area (Å²) in [4.78, 5) is 1.57. The third-order valence-electron chi connectivity index (χ3n) is 2.17. The van der Waals surface area contributed by atoms with E-state index in [-0.39, 0.29) is 6.54 Å². The summed E-state index contributed by atoms with van der Waals surface area (Å²) in [6, 6.07) is 0. The summed E-state index contributed by atoms with van der Waals surface area (Å²) in [6.07, 6.45) is 0.721. The van der Waals surface area contributed by atoms with E-state index < -0.39 is 12.5 Å². The Labute approximate surface area is 77.2 Å². The number of halogens is 2. The zero-order valence-corrected chi connectivity index (χ0v) is 8.23. The van der Waals surface area contributed by atoms with Gasteiger partial charge in [-0.25, -0.2) is 8.78 Å². The highest BCUT2D eigenvalue weighted by molar-refractivity contribution is 5.07. The van der Waals surface area contributed by atoms with E-state index in [1.54, 1.807) is 18.9 Å². The van der Waals surface area contributed by atoms with E-state index in [0.29, 0.717) is 5.76 Å². The van der Waals surface area contributed by atoms with E-state index >= 15 is 0 Å². The third-order valence-corrected chi connectivity index (χ3v) is 2.17. The molecular formula is C9H15F2NO. The minimum absolute atomic E-state index is 0.256. The van der Waals surface area contributed by atoms with Gasteiger partial charge >= 0.3 is 0 Å². The maximum absolute atomic E-state index is 13.0. The van der Waals surface area contributed by atoms with Crippen molar-refractivity contribution in [3.05, 3.63) is 11.5 Å². The summed E-state index contributed by atoms with van der Waals surface area (Å²) >= 11 is 0. The first-order valence-corrected chi connectivity index (χ1v) is 4.38. The summed E-state index contributed by atoms with van der Waals surface area (Å²) in [5.74, 6) is -2.13. The van der Waals surface area contributed by atoms with Crippen molar-refractivity contribution in [1.29, 1.82) is 0 Å². The van der Waals surface area contributed by atoms with E-state index in [2.05, 4.69) is 0 Å². The predicted molar refractivity (Wildman–Crippen MR) is 46.5 cm³/mol. The van der Waals surface area contributed by atoms with Gasteiger partial charge in [-0.1, -0.05) is 6.92 Å². The Morgan fingerprint density at radius 2 is 2.15 bits per heavy atom. The van der Waals surface area contributed by atoms with Crippen LogP contribution in [0.25, 0.3) is 0 Å². The SMILES string of the molecule is CCC1=C(C)OCC(F)(F)CN1C. The van der Waals surface area contributed by atoms with Crippen molar-refractivity contribution < 1.29 is 13.5 Å². The van der Waals surface area contributed by atoms with Crippen LogP contribution in [0.5, 0.6) is 0 Å². The Kier molecular flexibility index (Phi) is 2.78. The zero-order chi connectivity index (χ0) is 10.1. The number of hydrogen-bond acceptors (Lipinski definition) is 2. The van der Waals surface area contributed by atoms with Gasteiger partial charge in [-0.2, -0.15) is 0 Å². The molecule has 1 rings (SSSR count). The van der Waals surface area contributed by atoms with Gasteiger partial charge in [0.15, 0.2) is 6.61 Å². The molecule has 1 aliphatic rings.